The van der Waals surface area contributed by atoms with E-state index in [1.165, 1.54) is 0 Å². The molecule has 0 aliphatic heterocycles. The summed E-state index contributed by atoms with van der Waals surface area (Å²) in [7, 11) is 0. The first-order valence-corrected chi connectivity index (χ1v) is 4.99. The molecule has 0 saturated carbocycles. The van der Waals surface area contributed by atoms with Crippen LogP contribution in [0.1, 0.15) is 28.8 Å². The minimum Gasteiger partial charge on any atom is -0.352 e. The lowest BCUT2D eigenvalue weighted by atomic mass is 10.1. The summed E-state index contributed by atoms with van der Waals surface area (Å²) in [6.07, 6.45) is 6.53. The van der Waals surface area contributed by atoms with Gasteiger partial charge in [0.1, 0.15) is 0 Å². The van der Waals surface area contributed by atoms with Crippen LogP contribution in [-0.4, -0.2) is 12.5 Å². The summed E-state index contributed by atoms with van der Waals surface area (Å²) in [6.45, 7) is 0.572. The van der Waals surface area contributed by atoms with Crippen LogP contribution >= 0.6 is 0 Å². The molecule has 0 aliphatic rings. The average molecular weight is 212 g/mol. The molecule has 0 saturated heterocycles. The number of terminal acetylenes is 1. The Morgan fingerprint density at radius 1 is 1.38 bits per heavy atom. The highest BCUT2D eigenvalue weighted by molar-refractivity contribution is 5.94. The summed E-state index contributed by atoms with van der Waals surface area (Å²) < 4.78 is 0. The van der Waals surface area contributed by atoms with Crippen molar-refractivity contribution in [3.63, 3.8) is 0 Å². The SMILES string of the molecule is C#CCCCNC(=O)c1ccc(C#N)cc1. The predicted molar refractivity (Wildman–Crippen MR) is 61.6 cm³/mol. The second-order valence-corrected chi connectivity index (χ2v) is 3.25. The Hall–Kier alpha value is -2.26. The summed E-state index contributed by atoms with van der Waals surface area (Å²) >= 11 is 0. The lowest BCUT2D eigenvalue weighted by Crippen LogP contribution is -2.24. The number of amides is 1. The number of carbonyl (C=O) groups excluding carboxylic acids is 1. The Bertz CT molecular complexity index is 434. The van der Waals surface area contributed by atoms with Gasteiger partial charge in [-0.3, -0.25) is 4.79 Å². The van der Waals surface area contributed by atoms with Crippen molar-refractivity contribution in [2.45, 2.75) is 12.8 Å². The number of nitrogens with zero attached hydrogens (tertiary/aromatic N) is 1. The molecule has 0 atom stereocenters. The van der Waals surface area contributed by atoms with E-state index in [4.69, 9.17) is 11.7 Å². The number of nitriles is 1. The van der Waals surface area contributed by atoms with Crippen LogP contribution in [0.3, 0.4) is 0 Å². The van der Waals surface area contributed by atoms with E-state index in [2.05, 4.69) is 11.2 Å². The largest absolute Gasteiger partial charge is 0.352 e. The van der Waals surface area contributed by atoms with Crippen LogP contribution < -0.4 is 5.32 Å². The smallest absolute Gasteiger partial charge is 0.251 e. The topological polar surface area (TPSA) is 52.9 Å². The summed E-state index contributed by atoms with van der Waals surface area (Å²) in [5, 5.41) is 11.4. The molecule has 0 heterocycles. The molecule has 3 heteroatoms. The Morgan fingerprint density at radius 3 is 2.62 bits per heavy atom. The summed E-state index contributed by atoms with van der Waals surface area (Å²) in [4.78, 5) is 11.6. The number of nitrogens with one attached hydrogen (secondary N) is 1. The first-order valence-electron chi connectivity index (χ1n) is 4.99. The number of benzene rings is 1. The summed E-state index contributed by atoms with van der Waals surface area (Å²) in [6, 6.07) is 8.51. The highest BCUT2D eigenvalue weighted by Gasteiger charge is 2.03. The number of hydrogen-bond donors (Lipinski definition) is 1. The fourth-order valence-electron chi connectivity index (χ4n) is 1.19. The molecule has 0 aromatic heterocycles. The monoisotopic (exact) mass is 212 g/mol. The fourth-order valence-corrected chi connectivity index (χ4v) is 1.19. The van der Waals surface area contributed by atoms with E-state index in [0.717, 1.165) is 6.42 Å². The van der Waals surface area contributed by atoms with Gasteiger partial charge in [0, 0.05) is 18.5 Å². The molecule has 0 aliphatic carbocycles. The van der Waals surface area contributed by atoms with Crippen LogP contribution in [0, 0.1) is 23.7 Å². The second kappa shape index (κ2) is 6.27. The van der Waals surface area contributed by atoms with E-state index in [9.17, 15) is 4.79 Å². The van der Waals surface area contributed by atoms with Gasteiger partial charge in [0.05, 0.1) is 11.6 Å². The number of unbranched alkanes of at least 4 members (excludes halogenated alkanes) is 1. The average Bonchev–Trinajstić information content (AvgIpc) is 2.34. The van der Waals surface area contributed by atoms with E-state index in [-0.39, 0.29) is 5.91 Å². The Morgan fingerprint density at radius 2 is 2.06 bits per heavy atom. The molecular formula is C13H12N2O. The van der Waals surface area contributed by atoms with Crippen LogP contribution in [0.2, 0.25) is 0 Å². The van der Waals surface area contributed by atoms with Crippen molar-refractivity contribution < 1.29 is 4.79 Å². The van der Waals surface area contributed by atoms with Gasteiger partial charge in [0.15, 0.2) is 0 Å². The van der Waals surface area contributed by atoms with Crippen LogP contribution in [-0.2, 0) is 0 Å². The maximum Gasteiger partial charge on any atom is 0.251 e. The first-order chi connectivity index (χ1) is 7.77. The zero-order valence-electron chi connectivity index (χ0n) is 8.86. The van der Waals surface area contributed by atoms with Crippen molar-refractivity contribution in [1.82, 2.24) is 5.32 Å². The highest BCUT2D eigenvalue weighted by atomic mass is 16.1. The molecule has 3 nitrogen and oxygen atoms in total. The van der Waals surface area contributed by atoms with Crippen molar-refractivity contribution in [3.05, 3.63) is 35.4 Å². The molecule has 1 aromatic carbocycles. The van der Waals surface area contributed by atoms with Gasteiger partial charge < -0.3 is 5.32 Å². The number of rotatable bonds is 4. The maximum atomic E-state index is 11.6. The molecule has 1 aromatic rings. The zero-order valence-corrected chi connectivity index (χ0v) is 8.86. The lowest BCUT2D eigenvalue weighted by Gasteiger charge is -2.03. The van der Waals surface area contributed by atoms with E-state index in [0.29, 0.717) is 24.1 Å². The zero-order chi connectivity index (χ0) is 11.8. The van der Waals surface area contributed by atoms with Gasteiger partial charge in [0.2, 0.25) is 0 Å². The minimum absolute atomic E-state index is 0.137. The molecule has 80 valence electrons. The summed E-state index contributed by atoms with van der Waals surface area (Å²) in [5.74, 6) is 2.37. The number of carbonyl (C=O) groups is 1. The lowest BCUT2D eigenvalue weighted by molar-refractivity contribution is 0.0953. The number of hydrogen-bond acceptors (Lipinski definition) is 2. The first kappa shape index (κ1) is 11.8. The van der Waals surface area contributed by atoms with Gasteiger partial charge in [-0.1, -0.05) is 0 Å². The van der Waals surface area contributed by atoms with Crippen molar-refractivity contribution in [3.8, 4) is 18.4 Å². The van der Waals surface area contributed by atoms with Gasteiger partial charge in [-0.25, -0.2) is 0 Å². The van der Waals surface area contributed by atoms with Crippen LogP contribution in [0.15, 0.2) is 24.3 Å². The molecule has 1 N–H and O–H groups in total. The van der Waals surface area contributed by atoms with Gasteiger partial charge in [-0.2, -0.15) is 5.26 Å². The fraction of sp³-hybridized carbons (Fsp3) is 0.231. The van der Waals surface area contributed by atoms with Crippen molar-refractivity contribution in [2.75, 3.05) is 6.54 Å². The standard InChI is InChI=1S/C13H12N2O/c1-2-3-4-9-15-13(16)12-7-5-11(10-14)6-8-12/h1,5-8H,3-4,9H2,(H,15,16). The van der Waals surface area contributed by atoms with Crippen molar-refractivity contribution in [2.24, 2.45) is 0 Å². The maximum absolute atomic E-state index is 11.6. The molecule has 0 unspecified atom stereocenters. The van der Waals surface area contributed by atoms with E-state index in [1.54, 1.807) is 24.3 Å². The van der Waals surface area contributed by atoms with Gasteiger partial charge in [0.25, 0.3) is 5.91 Å². The molecule has 16 heavy (non-hydrogen) atoms. The molecule has 0 spiro atoms. The molecule has 1 rings (SSSR count). The van der Waals surface area contributed by atoms with Crippen LogP contribution in [0.4, 0.5) is 0 Å². The Balaban J connectivity index is 2.48. The molecule has 0 bridgehead atoms. The molecule has 1 amide bonds. The van der Waals surface area contributed by atoms with Gasteiger partial charge in [-0.05, 0) is 30.7 Å². The van der Waals surface area contributed by atoms with Crippen LogP contribution in [0.25, 0.3) is 0 Å². The quantitative estimate of drug-likeness (QED) is 0.610. The molecule has 0 fully saturated rings. The Labute approximate surface area is 95.1 Å². The van der Waals surface area contributed by atoms with Gasteiger partial charge in [-0.15, -0.1) is 12.3 Å². The minimum atomic E-state index is -0.137. The third kappa shape index (κ3) is 3.48. The van der Waals surface area contributed by atoms with Crippen molar-refractivity contribution >= 4 is 5.91 Å². The third-order valence-corrected chi connectivity index (χ3v) is 2.06. The van der Waals surface area contributed by atoms with E-state index < -0.39 is 0 Å². The molecule has 0 radical (unpaired) electrons. The van der Waals surface area contributed by atoms with Gasteiger partial charge >= 0.3 is 0 Å². The summed E-state index contributed by atoms with van der Waals surface area (Å²) in [5.41, 5.74) is 1.10. The predicted octanol–water partition coefficient (Wildman–Crippen LogP) is 1.70. The normalized spacial score (nSPS) is 8.88. The molecular weight excluding hydrogens is 200 g/mol. The second-order valence-electron chi connectivity index (χ2n) is 3.25. The van der Waals surface area contributed by atoms with E-state index >= 15 is 0 Å². The third-order valence-electron chi connectivity index (χ3n) is 2.06. The highest BCUT2D eigenvalue weighted by Crippen LogP contribution is 2.03. The van der Waals surface area contributed by atoms with E-state index in [1.807, 2.05) is 6.07 Å². The van der Waals surface area contributed by atoms with Crippen LogP contribution in [0.5, 0.6) is 0 Å². The Kier molecular flexibility index (Phi) is 4.63. The van der Waals surface area contributed by atoms with Crippen molar-refractivity contribution in [1.29, 1.82) is 5.26 Å².